The number of methoxy groups -OCH3 is 1. The number of hydrogen-bond acceptors (Lipinski definition) is 4. The van der Waals surface area contributed by atoms with E-state index < -0.39 is 0 Å². The number of amides is 1. The van der Waals surface area contributed by atoms with E-state index in [0.717, 1.165) is 48.9 Å². The minimum atomic E-state index is 0.170. The van der Waals surface area contributed by atoms with Crippen molar-refractivity contribution in [3.05, 3.63) is 41.2 Å². The maximum absolute atomic E-state index is 12.5. The second-order valence-electron chi connectivity index (χ2n) is 6.18. The first kappa shape index (κ1) is 16.4. The number of nitrogens with one attached hydrogen (secondary N) is 1. The number of aromatic amines is 1. The van der Waals surface area contributed by atoms with E-state index in [2.05, 4.69) is 15.1 Å². The summed E-state index contributed by atoms with van der Waals surface area (Å²) in [6.07, 6.45) is 0.418. The second kappa shape index (κ2) is 6.95. The van der Waals surface area contributed by atoms with Gasteiger partial charge in [0.2, 0.25) is 5.91 Å². The Morgan fingerprint density at radius 2 is 2.00 bits per heavy atom. The molecule has 1 aromatic carbocycles. The first-order valence-corrected chi connectivity index (χ1v) is 8.25. The molecule has 0 bridgehead atoms. The lowest BCUT2D eigenvalue weighted by Crippen LogP contribution is -2.49. The number of aromatic nitrogens is 2. The molecule has 1 aromatic heterocycles. The highest BCUT2D eigenvalue weighted by Crippen LogP contribution is 2.23. The number of carbonyl (C=O) groups is 1. The Labute approximate surface area is 142 Å². The molecule has 2 heterocycles. The molecule has 1 aliphatic rings. The third-order valence-electron chi connectivity index (χ3n) is 4.53. The van der Waals surface area contributed by atoms with Gasteiger partial charge in [-0.25, -0.2) is 0 Å². The van der Waals surface area contributed by atoms with Crippen molar-refractivity contribution in [2.24, 2.45) is 0 Å². The zero-order chi connectivity index (χ0) is 17.1. The molecule has 0 unspecified atom stereocenters. The van der Waals surface area contributed by atoms with E-state index in [-0.39, 0.29) is 5.91 Å². The van der Waals surface area contributed by atoms with Crippen LogP contribution in [0.15, 0.2) is 24.3 Å². The molecule has 0 atom stereocenters. The average molecular weight is 328 g/mol. The van der Waals surface area contributed by atoms with Gasteiger partial charge >= 0.3 is 0 Å². The highest BCUT2D eigenvalue weighted by Gasteiger charge is 2.24. The number of rotatable bonds is 4. The monoisotopic (exact) mass is 328 g/mol. The van der Waals surface area contributed by atoms with Crippen LogP contribution in [0.4, 0.5) is 5.69 Å². The Morgan fingerprint density at radius 3 is 2.62 bits per heavy atom. The van der Waals surface area contributed by atoms with Gasteiger partial charge in [0, 0.05) is 26.2 Å². The van der Waals surface area contributed by atoms with E-state index in [4.69, 9.17) is 4.74 Å². The number of aryl methyl sites for hydroxylation is 2. The lowest BCUT2D eigenvalue weighted by molar-refractivity contribution is -0.130. The summed E-state index contributed by atoms with van der Waals surface area (Å²) in [6.45, 7) is 7.21. The molecule has 0 saturated carbocycles. The summed E-state index contributed by atoms with van der Waals surface area (Å²) in [4.78, 5) is 16.8. The molecule has 24 heavy (non-hydrogen) atoms. The quantitative estimate of drug-likeness (QED) is 0.931. The minimum Gasteiger partial charge on any atom is -0.497 e. The standard InChI is InChI=1S/C18H24N4O2/c1-13-18(14(2)20-19-13)22-9-7-21(8-10-22)17(23)12-15-5-4-6-16(11-15)24-3/h4-6,11H,7-10,12H2,1-3H3,(H,19,20). The van der Waals surface area contributed by atoms with Gasteiger partial charge in [0.1, 0.15) is 5.75 Å². The number of H-pyrrole nitrogens is 1. The summed E-state index contributed by atoms with van der Waals surface area (Å²) < 4.78 is 5.22. The van der Waals surface area contributed by atoms with Crippen molar-refractivity contribution in [1.29, 1.82) is 0 Å². The fourth-order valence-electron chi connectivity index (χ4n) is 3.26. The molecular weight excluding hydrogens is 304 g/mol. The Hall–Kier alpha value is -2.50. The SMILES string of the molecule is COc1cccc(CC(=O)N2CCN(c3c(C)n[nH]c3C)CC2)c1. The van der Waals surface area contributed by atoms with Crippen LogP contribution in [0.2, 0.25) is 0 Å². The smallest absolute Gasteiger partial charge is 0.227 e. The number of benzene rings is 1. The van der Waals surface area contributed by atoms with Gasteiger partial charge in [-0.2, -0.15) is 5.10 Å². The fourth-order valence-corrected chi connectivity index (χ4v) is 3.26. The lowest BCUT2D eigenvalue weighted by atomic mass is 10.1. The van der Waals surface area contributed by atoms with Gasteiger partial charge in [-0.15, -0.1) is 0 Å². The van der Waals surface area contributed by atoms with E-state index in [9.17, 15) is 4.79 Å². The topological polar surface area (TPSA) is 61.5 Å². The molecule has 128 valence electrons. The van der Waals surface area contributed by atoms with Crippen molar-refractivity contribution >= 4 is 11.6 Å². The van der Waals surface area contributed by atoms with Crippen LogP contribution in [-0.2, 0) is 11.2 Å². The highest BCUT2D eigenvalue weighted by atomic mass is 16.5. The first-order chi connectivity index (χ1) is 11.6. The number of ether oxygens (including phenoxy) is 1. The molecule has 0 aliphatic carbocycles. The molecular formula is C18H24N4O2. The van der Waals surface area contributed by atoms with Crippen molar-refractivity contribution in [3.63, 3.8) is 0 Å². The third-order valence-corrected chi connectivity index (χ3v) is 4.53. The van der Waals surface area contributed by atoms with Crippen LogP contribution in [0.25, 0.3) is 0 Å². The maximum atomic E-state index is 12.5. The minimum absolute atomic E-state index is 0.170. The molecule has 2 aromatic rings. The average Bonchev–Trinajstić information content (AvgIpc) is 2.94. The van der Waals surface area contributed by atoms with Gasteiger partial charge in [0.25, 0.3) is 0 Å². The lowest BCUT2D eigenvalue weighted by Gasteiger charge is -2.36. The Bertz CT molecular complexity index is 698. The van der Waals surface area contributed by atoms with Gasteiger partial charge in [-0.1, -0.05) is 12.1 Å². The summed E-state index contributed by atoms with van der Waals surface area (Å²) in [5.74, 6) is 0.958. The van der Waals surface area contributed by atoms with Crippen molar-refractivity contribution in [1.82, 2.24) is 15.1 Å². The van der Waals surface area contributed by atoms with E-state index in [1.165, 1.54) is 5.69 Å². The molecule has 1 saturated heterocycles. The number of anilines is 1. The Kier molecular flexibility index (Phi) is 4.74. The normalized spacial score (nSPS) is 14.8. The van der Waals surface area contributed by atoms with Crippen molar-refractivity contribution < 1.29 is 9.53 Å². The zero-order valence-electron chi connectivity index (χ0n) is 14.5. The fraction of sp³-hybridized carbons (Fsp3) is 0.444. The molecule has 6 heteroatoms. The first-order valence-electron chi connectivity index (χ1n) is 8.25. The van der Waals surface area contributed by atoms with Crippen LogP contribution in [0.5, 0.6) is 5.75 Å². The van der Waals surface area contributed by atoms with Crippen LogP contribution in [0.3, 0.4) is 0 Å². The van der Waals surface area contributed by atoms with E-state index in [0.29, 0.717) is 6.42 Å². The molecule has 1 aliphatic heterocycles. The Morgan fingerprint density at radius 1 is 1.25 bits per heavy atom. The summed E-state index contributed by atoms with van der Waals surface area (Å²) >= 11 is 0. The van der Waals surface area contributed by atoms with Gasteiger partial charge in [0.15, 0.2) is 0 Å². The zero-order valence-corrected chi connectivity index (χ0v) is 14.5. The van der Waals surface area contributed by atoms with E-state index >= 15 is 0 Å². The molecule has 0 radical (unpaired) electrons. The third kappa shape index (κ3) is 3.37. The van der Waals surface area contributed by atoms with Crippen LogP contribution < -0.4 is 9.64 Å². The number of carbonyl (C=O) groups excluding carboxylic acids is 1. The van der Waals surface area contributed by atoms with Crippen LogP contribution in [0.1, 0.15) is 17.0 Å². The molecule has 1 amide bonds. The maximum Gasteiger partial charge on any atom is 0.227 e. The number of nitrogens with zero attached hydrogens (tertiary/aromatic N) is 3. The highest BCUT2D eigenvalue weighted by molar-refractivity contribution is 5.79. The van der Waals surface area contributed by atoms with Crippen molar-refractivity contribution in [3.8, 4) is 5.75 Å². The predicted octanol–water partition coefficient (Wildman–Crippen LogP) is 1.93. The van der Waals surface area contributed by atoms with Gasteiger partial charge in [-0.3, -0.25) is 9.89 Å². The van der Waals surface area contributed by atoms with Gasteiger partial charge in [-0.05, 0) is 31.5 Å². The predicted molar refractivity (Wildman–Crippen MR) is 93.6 cm³/mol. The Balaban J connectivity index is 1.59. The number of piperazine rings is 1. The number of hydrogen-bond donors (Lipinski definition) is 1. The molecule has 3 rings (SSSR count). The van der Waals surface area contributed by atoms with Crippen molar-refractivity contribution in [2.75, 3.05) is 38.2 Å². The molecule has 1 fully saturated rings. The summed E-state index contributed by atoms with van der Waals surface area (Å²) in [7, 11) is 1.64. The summed E-state index contributed by atoms with van der Waals surface area (Å²) in [6, 6.07) is 7.70. The summed E-state index contributed by atoms with van der Waals surface area (Å²) in [5, 5.41) is 7.29. The summed E-state index contributed by atoms with van der Waals surface area (Å²) in [5.41, 5.74) is 4.27. The molecule has 6 nitrogen and oxygen atoms in total. The van der Waals surface area contributed by atoms with Crippen LogP contribution in [0, 0.1) is 13.8 Å². The second-order valence-corrected chi connectivity index (χ2v) is 6.18. The van der Waals surface area contributed by atoms with Crippen LogP contribution >= 0.6 is 0 Å². The van der Waals surface area contributed by atoms with E-state index in [1.807, 2.05) is 43.0 Å². The largest absolute Gasteiger partial charge is 0.497 e. The molecule has 1 N–H and O–H groups in total. The van der Waals surface area contributed by atoms with Gasteiger partial charge < -0.3 is 14.5 Å². The molecule has 0 spiro atoms. The van der Waals surface area contributed by atoms with Crippen molar-refractivity contribution in [2.45, 2.75) is 20.3 Å². The van der Waals surface area contributed by atoms with E-state index in [1.54, 1.807) is 7.11 Å². The van der Waals surface area contributed by atoms with Crippen LogP contribution in [-0.4, -0.2) is 54.3 Å². The van der Waals surface area contributed by atoms with Gasteiger partial charge in [0.05, 0.1) is 30.6 Å².